The molecule has 180 valence electrons. The number of hydrogen-bond acceptors (Lipinski definition) is 8. The molecule has 0 radical (unpaired) electrons. The highest BCUT2D eigenvalue weighted by Gasteiger charge is 2.29. The Hall–Kier alpha value is -2.73. The fourth-order valence-corrected chi connectivity index (χ4v) is 5.78. The number of halogens is 1. The number of carbonyl (C=O) groups excluding carboxylic acids is 1. The molecule has 1 aromatic carbocycles. The lowest BCUT2D eigenvalue weighted by Crippen LogP contribution is -2.42. The zero-order valence-corrected chi connectivity index (χ0v) is 20.2. The number of nitrogens with zero attached hydrogens (tertiary/aromatic N) is 5. The van der Waals surface area contributed by atoms with E-state index in [-0.39, 0.29) is 28.0 Å². The molecule has 0 bridgehead atoms. The third-order valence-corrected chi connectivity index (χ3v) is 8.67. The first kappa shape index (κ1) is 23.0. The van der Waals surface area contributed by atoms with Crippen molar-refractivity contribution in [3.63, 3.8) is 0 Å². The van der Waals surface area contributed by atoms with Crippen LogP contribution < -0.4 is 0 Å². The summed E-state index contributed by atoms with van der Waals surface area (Å²) in [4.78, 5) is 22.6. The number of aromatic nitrogens is 4. The Morgan fingerprint density at radius 1 is 1.18 bits per heavy atom. The van der Waals surface area contributed by atoms with E-state index >= 15 is 0 Å². The van der Waals surface area contributed by atoms with E-state index < -0.39 is 15.7 Å². The van der Waals surface area contributed by atoms with Crippen molar-refractivity contribution in [3.05, 3.63) is 36.5 Å². The van der Waals surface area contributed by atoms with E-state index in [1.54, 1.807) is 22.9 Å². The molecule has 34 heavy (non-hydrogen) atoms. The summed E-state index contributed by atoms with van der Waals surface area (Å²) in [6.45, 7) is 1.27. The fraction of sp³-hybridized carbons (Fsp3) is 0.455. The largest absolute Gasteiger partial charge is 0.446 e. The summed E-state index contributed by atoms with van der Waals surface area (Å²) in [6, 6.07) is 3.71. The molecule has 9 nitrogen and oxygen atoms in total. The third-order valence-electron chi connectivity index (χ3n) is 6.20. The van der Waals surface area contributed by atoms with Crippen molar-refractivity contribution in [2.75, 3.05) is 19.3 Å². The van der Waals surface area contributed by atoms with Gasteiger partial charge in [0, 0.05) is 24.6 Å². The van der Waals surface area contributed by atoms with Gasteiger partial charge in [0.25, 0.3) is 0 Å². The van der Waals surface area contributed by atoms with Gasteiger partial charge in [-0.25, -0.2) is 32.3 Å². The standard InChI is InChI=1S/C22H24FN5O4S2/c1-34(30,31)16-5-6-19(18(23)11-16)28-20-17(12-26-28)21(25-13-24-20)33-15-7-9-27(10-8-15)22(29)32-14-3-2-4-14/h5-6,11-15H,2-4,7-10H2,1H3. The van der Waals surface area contributed by atoms with Gasteiger partial charge < -0.3 is 9.64 Å². The molecule has 2 aliphatic rings. The van der Waals surface area contributed by atoms with Crippen LogP contribution in [0.25, 0.3) is 16.7 Å². The Labute approximate surface area is 200 Å². The van der Waals surface area contributed by atoms with Crippen LogP contribution in [0, 0.1) is 5.82 Å². The Morgan fingerprint density at radius 3 is 2.59 bits per heavy atom. The lowest BCUT2D eigenvalue weighted by molar-refractivity contribution is 0.0239. The molecule has 2 fully saturated rings. The second-order valence-electron chi connectivity index (χ2n) is 8.60. The molecular weight excluding hydrogens is 481 g/mol. The monoisotopic (exact) mass is 505 g/mol. The summed E-state index contributed by atoms with van der Waals surface area (Å²) < 4.78 is 45.0. The number of thioether (sulfide) groups is 1. The van der Waals surface area contributed by atoms with E-state index in [2.05, 4.69) is 15.1 Å². The molecule has 2 aromatic heterocycles. The second kappa shape index (κ2) is 9.14. The average Bonchev–Trinajstić information content (AvgIpc) is 3.21. The van der Waals surface area contributed by atoms with Crippen molar-refractivity contribution in [1.82, 2.24) is 24.6 Å². The van der Waals surface area contributed by atoms with Crippen LogP contribution in [0.5, 0.6) is 0 Å². The molecule has 1 amide bonds. The van der Waals surface area contributed by atoms with Crippen LogP contribution >= 0.6 is 11.8 Å². The molecule has 3 heterocycles. The van der Waals surface area contributed by atoms with Gasteiger partial charge >= 0.3 is 6.09 Å². The molecule has 1 aliphatic heterocycles. The maximum Gasteiger partial charge on any atom is 0.410 e. The number of rotatable bonds is 5. The highest BCUT2D eigenvalue weighted by molar-refractivity contribution is 8.00. The molecule has 3 aromatic rings. The van der Waals surface area contributed by atoms with E-state index in [1.807, 2.05) is 0 Å². The maximum absolute atomic E-state index is 14.7. The maximum atomic E-state index is 14.7. The number of carbonyl (C=O) groups is 1. The van der Waals surface area contributed by atoms with Crippen molar-refractivity contribution in [2.45, 2.75) is 53.4 Å². The molecular formula is C22H24FN5O4S2. The van der Waals surface area contributed by atoms with E-state index in [1.165, 1.54) is 23.1 Å². The van der Waals surface area contributed by atoms with Crippen molar-refractivity contribution in [1.29, 1.82) is 0 Å². The third kappa shape index (κ3) is 4.61. The summed E-state index contributed by atoms with van der Waals surface area (Å²) in [7, 11) is -3.52. The second-order valence-corrected chi connectivity index (χ2v) is 11.9. The lowest BCUT2D eigenvalue weighted by Gasteiger charge is -2.33. The van der Waals surface area contributed by atoms with Crippen LogP contribution in [0.1, 0.15) is 32.1 Å². The van der Waals surface area contributed by atoms with Crippen LogP contribution in [-0.4, -0.2) is 69.9 Å². The molecule has 0 atom stereocenters. The first-order valence-corrected chi connectivity index (χ1v) is 13.9. The summed E-state index contributed by atoms with van der Waals surface area (Å²) in [5.74, 6) is -0.707. The van der Waals surface area contributed by atoms with Gasteiger partial charge in [0.1, 0.15) is 29.0 Å². The molecule has 5 rings (SSSR count). The average molecular weight is 506 g/mol. The van der Waals surface area contributed by atoms with E-state index in [0.29, 0.717) is 24.1 Å². The quantitative estimate of drug-likeness (QED) is 0.484. The number of sulfone groups is 1. The normalized spacial score (nSPS) is 17.6. The number of hydrogen-bond donors (Lipinski definition) is 0. The van der Waals surface area contributed by atoms with E-state index in [9.17, 15) is 17.6 Å². The van der Waals surface area contributed by atoms with E-state index in [4.69, 9.17) is 4.74 Å². The van der Waals surface area contributed by atoms with Crippen LogP contribution in [0.2, 0.25) is 0 Å². The highest BCUT2D eigenvalue weighted by atomic mass is 32.2. The molecule has 0 N–H and O–H groups in total. The minimum absolute atomic E-state index is 0.0813. The number of amides is 1. The number of piperidine rings is 1. The minimum Gasteiger partial charge on any atom is -0.446 e. The van der Waals surface area contributed by atoms with Crippen molar-refractivity contribution in [2.24, 2.45) is 0 Å². The molecule has 1 aliphatic carbocycles. The molecule has 0 unspecified atom stereocenters. The molecule has 12 heteroatoms. The van der Waals surface area contributed by atoms with Crippen LogP contribution in [0.3, 0.4) is 0 Å². The van der Waals surface area contributed by atoms with Gasteiger partial charge in [0.2, 0.25) is 0 Å². The Kier molecular flexibility index (Phi) is 6.19. The molecule has 1 saturated heterocycles. The number of ether oxygens (including phenoxy) is 1. The number of likely N-dealkylation sites (tertiary alicyclic amines) is 1. The zero-order chi connectivity index (χ0) is 23.9. The van der Waals surface area contributed by atoms with Gasteiger partial charge in [-0.15, -0.1) is 11.8 Å². The topological polar surface area (TPSA) is 107 Å². The Morgan fingerprint density at radius 2 is 1.94 bits per heavy atom. The first-order chi connectivity index (χ1) is 16.3. The van der Waals surface area contributed by atoms with Gasteiger partial charge in [-0.2, -0.15) is 5.10 Å². The van der Waals surface area contributed by atoms with Crippen LogP contribution in [0.4, 0.5) is 9.18 Å². The summed E-state index contributed by atoms with van der Waals surface area (Å²) in [6.07, 6.45) is 8.56. The fourth-order valence-electron chi connectivity index (χ4n) is 4.00. The SMILES string of the molecule is CS(=O)(=O)c1ccc(-n2ncc3c(SC4CCN(C(=O)OC5CCC5)CC4)ncnc32)c(F)c1. The number of fused-ring (bicyclic) bond motifs is 1. The molecule has 0 spiro atoms. The van der Waals surface area contributed by atoms with Crippen molar-refractivity contribution >= 4 is 38.7 Å². The summed E-state index contributed by atoms with van der Waals surface area (Å²) >= 11 is 1.60. The van der Waals surface area contributed by atoms with Gasteiger partial charge in [-0.05, 0) is 50.3 Å². The first-order valence-electron chi connectivity index (χ1n) is 11.1. The predicted molar refractivity (Wildman–Crippen MR) is 124 cm³/mol. The Balaban J connectivity index is 1.30. The van der Waals surface area contributed by atoms with Crippen molar-refractivity contribution < 1.29 is 22.3 Å². The Bertz CT molecular complexity index is 1330. The smallest absolute Gasteiger partial charge is 0.410 e. The van der Waals surface area contributed by atoms with Gasteiger partial charge in [-0.3, -0.25) is 0 Å². The lowest BCUT2D eigenvalue weighted by atomic mass is 9.96. The van der Waals surface area contributed by atoms with Crippen molar-refractivity contribution in [3.8, 4) is 5.69 Å². The van der Waals surface area contributed by atoms with E-state index in [0.717, 1.165) is 49.5 Å². The summed E-state index contributed by atoms with van der Waals surface area (Å²) in [5, 5.41) is 5.98. The molecule has 1 saturated carbocycles. The van der Waals surface area contributed by atoms with Gasteiger partial charge in [0.15, 0.2) is 15.5 Å². The number of benzene rings is 1. The highest BCUT2D eigenvalue weighted by Crippen LogP contribution is 2.34. The predicted octanol–water partition coefficient (Wildman–Crippen LogP) is 3.60. The van der Waals surface area contributed by atoms with Crippen LogP contribution in [0.15, 0.2) is 40.6 Å². The minimum atomic E-state index is -3.52. The zero-order valence-electron chi connectivity index (χ0n) is 18.6. The van der Waals surface area contributed by atoms with Gasteiger partial charge in [0.05, 0.1) is 16.5 Å². The van der Waals surface area contributed by atoms with Crippen LogP contribution in [-0.2, 0) is 14.6 Å². The van der Waals surface area contributed by atoms with Gasteiger partial charge in [-0.1, -0.05) is 0 Å². The summed E-state index contributed by atoms with van der Waals surface area (Å²) in [5.41, 5.74) is 0.542.